The molecule has 1 atom stereocenters. The molecule has 1 aliphatic heterocycles. The van der Waals surface area contributed by atoms with Crippen molar-refractivity contribution >= 4 is 11.6 Å². The fourth-order valence-corrected chi connectivity index (χ4v) is 2.75. The molecule has 0 aliphatic carbocycles. The van der Waals surface area contributed by atoms with Gasteiger partial charge in [-0.2, -0.15) is 0 Å². The van der Waals surface area contributed by atoms with Crippen molar-refractivity contribution in [2.75, 3.05) is 26.7 Å². The third-order valence-electron chi connectivity index (χ3n) is 3.42. The topological polar surface area (TPSA) is 15.3 Å². The largest absolute Gasteiger partial charge is 0.316 e. The number of hydrogen-bond acceptors (Lipinski definition) is 2. The average molecular weight is 271 g/mol. The van der Waals surface area contributed by atoms with Crippen molar-refractivity contribution in [2.45, 2.75) is 19.4 Å². The molecule has 0 aromatic heterocycles. The highest BCUT2D eigenvalue weighted by atomic mass is 35.5. The summed E-state index contributed by atoms with van der Waals surface area (Å²) in [6.07, 6.45) is 2.55. The Bertz CT molecular complexity index is 391. The molecule has 0 saturated carbocycles. The molecule has 4 heteroatoms. The van der Waals surface area contributed by atoms with Crippen molar-refractivity contribution < 1.29 is 4.39 Å². The van der Waals surface area contributed by atoms with Crippen LogP contribution >= 0.6 is 11.6 Å². The first-order valence-electron chi connectivity index (χ1n) is 6.48. The zero-order chi connectivity index (χ0) is 13.0. The van der Waals surface area contributed by atoms with Gasteiger partial charge in [-0.05, 0) is 56.6 Å². The number of nitrogens with one attached hydrogen (secondary N) is 1. The normalized spacial score (nSPS) is 20.3. The third-order valence-corrected chi connectivity index (χ3v) is 3.78. The second kappa shape index (κ2) is 6.50. The van der Waals surface area contributed by atoms with Gasteiger partial charge in [0.05, 0.1) is 0 Å². The average Bonchev–Trinajstić information content (AvgIpc) is 2.34. The van der Waals surface area contributed by atoms with Gasteiger partial charge in [-0.25, -0.2) is 4.39 Å². The highest BCUT2D eigenvalue weighted by molar-refractivity contribution is 6.31. The van der Waals surface area contributed by atoms with E-state index in [1.54, 1.807) is 6.07 Å². The van der Waals surface area contributed by atoms with E-state index in [2.05, 4.69) is 17.3 Å². The summed E-state index contributed by atoms with van der Waals surface area (Å²) in [6, 6.07) is 4.62. The van der Waals surface area contributed by atoms with Gasteiger partial charge in [-0.1, -0.05) is 17.7 Å². The van der Waals surface area contributed by atoms with Crippen LogP contribution in [0.1, 0.15) is 18.4 Å². The van der Waals surface area contributed by atoms with Gasteiger partial charge in [0.25, 0.3) is 0 Å². The van der Waals surface area contributed by atoms with E-state index in [4.69, 9.17) is 11.6 Å². The van der Waals surface area contributed by atoms with Crippen LogP contribution in [0.2, 0.25) is 5.02 Å². The van der Waals surface area contributed by atoms with E-state index in [1.165, 1.54) is 25.0 Å². The van der Waals surface area contributed by atoms with Crippen LogP contribution in [0.3, 0.4) is 0 Å². The summed E-state index contributed by atoms with van der Waals surface area (Å²) in [4.78, 5) is 2.26. The number of rotatable bonds is 4. The van der Waals surface area contributed by atoms with Crippen LogP contribution in [0, 0.1) is 11.7 Å². The van der Waals surface area contributed by atoms with Gasteiger partial charge >= 0.3 is 0 Å². The van der Waals surface area contributed by atoms with Crippen LogP contribution in [-0.4, -0.2) is 31.6 Å². The van der Waals surface area contributed by atoms with Crippen molar-refractivity contribution in [2.24, 2.45) is 5.92 Å². The molecule has 1 heterocycles. The van der Waals surface area contributed by atoms with Gasteiger partial charge in [-0.3, -0.25) is 0 Å². The molecular formula is C14H20ClFN2. The van der Waals surface area contributed by atoms with Crippen molar-refractivity contribution in [3.8, 4) is 0 Å². The molecule has 1 unspecified atom stereocenters. The minimum absolute atomic E-state index is 0.275. The second-order valence-electron chi connectivity index (χ2n) is 5.14. The maximum absolute atomic E-state index is 13.0. The van der Waals surface area contributed by atoms with Crippen molar-refractivity contribution in [3.63, 3.8) is 0 Å². The summed E-state index contributed by atoms with van der Waals surface area (Å²) >= 11 is 6.04. The minimum atomic E-state index is -0.275. The lowest BCUT2D eigenvalue weighted by Crippen LogP contribution is -2.36. The molecule has 0 amide bonds. The van der Waals surface area contributed by atoms with Crippen LogP contribution in [0.25, 0.3) is 0 Å². The van der Waals surface area contributed by atoms with E-state index < -0.39 is 0 Å². The lowest BCUT2D eigenvalue weighted by molar-refractivity contribution is 0.237. The number of piperidine rings is 1. The standard InChI is InChI=1S/C14H20ClFN2/c1-18(9-11-3-2-6-17-8-11)10-12-4-5-13(16)7-14(12)15/h4-5,7,11,17H,2-3,6,8-10H2,1H3. The van der Waals surface area contributed by atoms with Crippen LogP contribution < -0.4 is 5.32 Å². The first kappa shape index (κ1) is 13.8. The van der Waals surface area contributed by atoms with Crippen LogP contribution in [0.15, 0.2) is 18.2 Å². The molecule has 1 aromatic carbocycles. The fourth-order valence-electron chi connectivity index (χ4n) is 2.53. The lowest BCUT2D eigenvalue weighted by atomic mass is 9.99. The number of benzene rings is 1. The number of hydrogen-bond donors (Lipinski definition) is 1. The van der Waals surface area contributed by atoms with E-state index >= 15 is 0 Å². The Balaban J connectivity index is 1.87. The molecular weight excluding hydrogens is 251 g/mol. The Hall–Kier alpha value is -0.640. The summed E-state index contributed by atoms with van der Waals surface area (Å²) in [6.45, 7) is 4.07. The molecule has 1 saturated heterocycles. The predicted octanol–water partition coefficient (Wildman–Crippen LogP) is 2.91. The van der Waals surface area contributed by atoms with Crippen molar-refractivity contribution in [1.29, 1.82) is 0 Å². The maximum atomic E-state index is 13.0. The first-order valence-corrected chi connectivity index (χ1v) is 6.86. The summed E-state index contributed by atoms with van der Waals surface area (Å²) < 4.78 is 13.0. The summed E-state index contributed by atoms with van der Waals surface area (Å²) in [5, 5.41) is 3.94. The highest BCUT2D eigenvalue weighted by Gasteiger charge is 2.15. The van der Waals surface area contributed by atoms with E-state index in [-0.39, 0.29) is 5.82 Å². The molecule has 0 spiro atoms. The van der Waals surface area contributed by atoms with Gasteiger partial charge in [0.15, 0.2) is 0 Å². The number of nitrogens with zero attached hydrogens (tertiary/aromatic N) is 1. The molecule has 1 aliphatic rings. The second-order valence-corrected chi connectivity index (χ2v) is 5.55. The van der Waals surface area contributed by atoms with Gasteiger partial charge < -0.3 is 10.2 Å². The van der Waals surface area contributed by atoms with E-state index in [1.807, 2.05) is 0 Å². The van der Waals surface area contributed by atoms with Crippen LogP contribution in [0.4, 0.5) is 4.39 Å². The zero-order valence-electron chi connectivity index (χ0n) is 10.8. The third kappa shape index (κ3) is 3.94. The Morgan fingerprint density at radius 1 is 1.50 bits per heavy atom. The molecule has 100 valence electrons. The maximum Gasteiger partial charge on any atom is 0.124 e. The highest BCUT2D eigenvalue weighted by Crippen LogP contribution is 2.19. The molecule has 1 N–H and O–H groups in total. The smallest absolute Gasteiger partial charge is 0.124 e. The molecule has 2 nitrogen and oxygen atoms in total. The SMILES string of the molecule is CN(Cc1ccc(F)cc1Cl)CC1CCCNC1. The van der Waals surface area contributed by atoms with Gasteiger partial charge in [0.2, 0.25) is 0 Å². The Kier molecular flexibility index (Phi) is 4.98. The summed E-state index contributed by atoms with van der Waals surface area (Å²) in [5.74, 6) is 0.436. The van der Waals surface area contributed by atoms with Crippen LogP contribution in [0.5, 0.6) is 0 Å². The van der Waals surface area contributed by atoms with Crippen molar-refractivity contribution in [3.05, 3.63) is 34.6 Å². The fraction of sp³-hybridized carbons (Fsp3) is 0.571. The first-order chi connectivity index (χ1) is 8.65. The molecule has 2 rings (SSSR count). The monoisotopic (exact) mass is 270 g/mol. The van der Waals surface area contributed by atoms with E-state index in [0.717, 1.165) is 31.7 Å². The quantitative estimate of drug-likeness (QED) is 0.905. The molecule has 1 aromatic rings. The Morgan fingerprint density at radius 3 is 3.00 bits per heavy atom. The van der Waals surface area contributed by atoms with Gasteiger partial charge in [0, 0.05) is 18.1 Å². The van der Waals surface area contributed by atoms with Crippen molar-refractivity contribution in [1.82, 2.24) is 10.2 Å². The number of halogens is 2. The Morgan fingerprint density at radius 2 is 2.33 bits per heavy atom. The Labute approximate surface area is 113 Å². The molecule has 1 fully saturated rings. The summed E-state index contributed by atoms with van der Waals surface area (Å²) in [5.41, 5.74) is 0.990. The molecule has 18 heavy (non-hydrogen) atoms. The molecule has 0 radical (unpaired) electrons. The predicted molar refractivity (Wildman–Crippen MR) is 73.3 cm³/mol. The summed E-state index contributed by atoms with van der Waals surface area (Å²) in [7, 11) is 2.09. The zero-order valence-corrected chi connectivity index (χ0v) is 11.5. The van der Waals surface area contributed by atoms with E-state index in [0.29, 0.717) is 10.9 Å². The lowest BCUT2D eigenvalue weighted by Gasteiger charge is -2.27. The van der Waals surface area contributed by atoms with Crippen LogP contribution in [-0.2, 0) is 6.54 Å². The van der Waals surface area contributed by atoms with E-state index in [9.17, 15) is 4.39 Å². The van der Waals surface area contributed by atoms with Gasteiger partial charge in [-0.15, -0.1) is 0 Å². The molecule has 0 bridgehead atoms. The minimum Gasteiger partial charge on any atom is -0.316 e. The van der Waals surface area contributed by atoms with Gasteiger partial charge in [0.1, 0.15) is 5.82 Å².